The van der Waals surface area contributed by atoms with Crippen molar-refractivity contribution < 1.29 is 23.5 Å². The minimum Gasteiger partial charge on any atom is -0.497 e. The molecule has 0 bridgehead atoms. The zero-order valence-corrected chi connectivity index (χ0v) is 17.1. The highest BCUT2D eigenvalue weighted by Gasteiger charge is 2.51. The van der Waals surface area contributed by atoms with E-state index >= 15 is 0 Å². The lowest BCUT2D eigenvalue weighted by atomic mass is 9.78. The Labute approximate surface area is 161 Å². The van der Waals surface area contributed by atoms with Crippen LogP contribution < -0.4 is 19.7 Å². The minimum atomic E-state index is -0.433. The second-order valence-corrected chi connectivity index (χ2v) is 7.65. The summed E-state index contributed by atoms with van der Waals surface area (Å²) in [6.07, 6.45) is 0. The molecule has 27 heavy (non-hydrogen) atoms. The molecule has 2 aromatic carbocycles. The average molecular weight is 370 g/mol. The summed E-state index contributed by atoms with van der Waals surface area (Å²) in [5, 5.41) is 0. The maximum absolute atomic E-state index is 6.15. The van der Waals surface area contributed by atoms with Gasteiger partial charge in [-0.1, -0.05) is 12.1 Å². The van der Waals surface area contributed by atoms with Crippen molar-refractivity contribution in [1.29, 1.82) is 0 Å². The number of benzene rings is 2. The highest BCUT2D eigenvalue weighted by molar-refractivity contribution is 6.62. The van der Waals surface area contributed by atoms with Gasteiger partial charge in [0.15, 0.2) is 0 Å². The summed E-state index contributed by atoms with van der Waals surface area (Å²) in [7, 11) is 4.50. The van der Waals surface area contributed by atoms with Crippen LogP contribution in [-0.2, 0) is 9.31 Å². The molecule has 1 saturated heterocycles. The molecule has 0 unspecified atom stereocenters. The predicted molar refractivity (Wildman–Crippen MR) is 107 cm³/mol. The topological polar surface area (TPSA) is 46.2 Å². The van der Waals surface area contributed by atoms with Gasteiger partial charge in [-0.25, -0.2) is 0 Å². The lowest BCUT2D eigenvalue weighted by Gasteiger charge is -2.32. The normalized spacial score (nSPS) is 17.7. The predicted octanol–water partition coefficient (Wildman–Crippen LogP) is 3.68. The summed E-state index contributed by atoms with van der Waals surface area (Å²) in [5.41, 5.74) is 2.04. The fourth-order valence-corrected chi connectivity index (χ4v) is 3.03. The third-order valence-corrected chi connectivity index (χ3v) is 5.41. The zero-order valence-electron chi connectivity index (χ0n) is 17.1. The average Bonchev–Trinajstić information content (AvgIpc) is 2.88. The van der Waals surface area contributed by atoms with Gasteiger partial charge in [-0.2, -0.15) is 0 Å². The molecule has 144 valence electrons. The first-order valence-corrected chi connectivity index (χ1v) is 8.98. The van der Waals surface area contributed by atoms with E-state index in [0.717, 1.165) is 33.8 Å². The molecule has 3 rings (SSSR count). The van der Waals surface area contributed by atoms with Crippen molar-refractivity contribution >= 4 is 12.6 Å². The molecule has 0 spiro atoms. The van der Waals surface area contributed by atoms with Crippen molar-refractivity contribution in [2.24, 2.45) is 0 Å². The van der Waals surface area contributed by atoms with Gasteiger partial charge in [-0.15, -0.1) is 0 Å². The molecule has 0 N–H and O–H groups in total. The molecule has 0 atom stereocenters. The highest BCUT2D eigenvalue weighted by atomic mass is 16.7. The van der Waals surface area contributed by atoms with Crippen LogP contribution in [-0.4, -0.2) is 39.6 Å². The Balaban J connectivity index is 1.99. The third-order valence-electron chi connectivity index (χ3n) is 5.41. The van der Waals surface area contributed by atoms with E-state index < -0.39 is 7.12 Å². The molecule has 2 aromatic rings. The largest absolute Gasteiger partial charge is 0.497 e. The zero-order chi connectivity index (χ0) is 19.8. The Hall–Kier alpha value is -2.18. The fourth-order valence-electron chi connectivity index (χ4n) is 3.03. The third kappa shape index (κ3) is 3.64. The molecule has 1 heterocycles. The van der Waals surface area contributed by atoms with Crippen LogP contribution in [0.3, 0.4) is 0 Å². The van der Waals surface area contributed by atoms with E-state index in [1.165, 1.54) is 0 Å². The Bertz CT molecular complexity index is 793. The fraction of sp³-hybridized carbons (Fsp3) is 0.429. The summed E-state index contributed by atoms with van der Waals surface area (Å²) in [4.78, 5) is 0. The molecule has 5 nitrogen and oxygen atoms in total. The molecule has 1 fully saturated rings. The van der Waals surface area contributed by atoms with Crippen molar-refractivity contribution in [2.45, 2.75) is 38.9 Å². The molecule has 1 aliphatic heterocycles. The summed E-state index contributed by atoms with van der Waals surface area (Å²) in [5.74, 6) is 2.18. The highest BCUT2D eigenvalue weighted by Crippen LogP contribution is 2.38. The van der Waals surface area contributed by atoms with Gasteiger partial charge in [-0.05, 0) is 56.9 Å². The minimum absolute atomic E-state index is 0.385. The second kappa shape index (κ2) is 7.10. The van der Waals surface area contributed by atoms with Crippen molar-refractivity contribution in [3.63, 3.8) is 0 Å². The SMILES string of the molecule is COc1cc(OC)cc(-c2ccc(B3OC(C)(C)C(C)(C)O3)cc2OC)c1. The van der Waals surface area contributed by atoms with Gasteiger partial charge in [0.05, 0.1) is 32.5 Å². The van der Waals surface area contributed by atoms with Crippen molar-refractivity contribution in [1.82, 2.24) is 0 Å². The summed E-state index contributed by atoms with van der Waals surface area (Å²) >= 11 is 0. The molecule has 6 heteroatoms. The Kier molecular flexibility index (Phi) is 5.15. The number of rotatable bonds is 5. The van der Waals surface area contributed by atoms with Crippen LogP contribution in [0.15, 0.2) is 36.4 Å². The van der Waals surface area contributed by atoms with Crippen molar-refractivity contribution in [2.75, 3.05) is 21.3 Å². The first-order chi connectivity index (χ1) is 12.7. The van der Waals surface area contributed by atoms with Crippen LogP contribution in [0.1, 0.15) is 27.7 Å². The molecule has 0 radical (unpaired) electrons. The van der Waals surface area contributed by atoms with Gasteiger partial charge in [0, 0.05) is 11.6 Å². The summed E-state index contributed by atoms with van der Waals surface area (Å²) in [6.45, 7) is 8.17. The standard InChI is InChI=1S/C21H27BO5/c1-20(2)21(3,4)27-22(26-20)15-8-9-18(19(12-15)25-7)14-10-16(23-5)13-17(11-14)24-6/h8-13H,1-7H3. The van der Waals surface area contributed by atoms with Gasteiger partial charge in [-0.3, -0.25) is 0 Å². The van der Waals surface area contributed by atoms with Crippen LogP contribution in [0.2, 0.25) is 0 Å². The number of ether oxygens (including phenoxy) is 3. The molecule has 0 aliphatic carbocycles. The van der Waals surface area contributed by atoms with Gasteiger partial charge in [0.1, 0.15) is 17.2 Å². The molecule has 1 aliphatic rings. The van der Waals surface area contributed by atoms with Crippen molar-refractivity contribution in [3.8, 4) is 28.4 Å². The van der Waals surface area contributed by atoms with Crippen LogP contribution in [0.4, 0.5) is 0 Å². The van der Waals surface area contributed by atoms with E-state index in [9.17, 15) is 0 Å². The summed E-state index contributed by atoms with van der Waals surface area (Å²) in [6, 6.07) is 11.7. The van der Waals surface area contributed by atoms with Crippen LogP contribution in [0.5, 0.6) is 17.2 Å². The first kappa shape index (κ1) is 19.6. The maximum atomic E-state index is 6.15. The second-order valence-electron chi connectivity index (χ2n) is 7.65. The number of hydrogen-bond acceptors (Lipinski definition) is 5. The van der Waals surface area contributed by atoms with E-state index in [-0.39, 0.29) is 11.2 Å². The van der Waals surface area contributed by atoms with Gasteiger partial charge in [0.2, 0.25) is 0 Å². The quantitative estimate of drug-likeness (QED) is 0.752. The molecular weight excluding hydrogens is 343 g/mol. The Morgan fingerprint density at radius 2 is 1.30 bits per heavy atom. The molecule has 0 saturated carbocycles. The number of methoxy groups -OCH3 is 3. The lowest BCUT2D eigenvalue weighted by molar-refractivity contribution is 0.00578. The van der Waals surface area contributed by atoms with Crippen LogP contribution in [0.25, 0.3) is 11.1 Å². The Morgan fingerprint density at radius 3 is 1.78 bits per heavy atom. The van der Waals surface area contributed by atoms with Gasteiger partial charge in [0.25, 0.3) is 0 Å². The number of hydrogen-bond donors (Lipinski definition) is 0. The van der Waals surface area contributed by atoms with E-state index in [4.69, 9.17) is 23.5 Å². The van der Waals surface area contributed by atoms with Crippen LogP contribution >= 0.6 is 0 Å². The van der Waals surface area contributed by atoms with Gasteiger partial charge >= 0.3 is 7.12 Å². The lowest BCUT2D eigenvalue weighted by Crippen LogP contribution is -2.41. The monoisotopic (exact) mass is 370 g/mol. The van der Waals surface area contributed by atoms with E-state index in [1.54, 1.807) is 21.3 Å². The molecule has 0 amide bonds. The maximum Gasteiger partial charge on any atom is 0.494 e. The Morgan fingerprint density at radius 1 is 0.741 bits per heavy atom. The summed E-state index contributed by atoms with van der Waals surface area (Å²) < 4.78 is 28.7. The molecule has 0 aromatic heterocycles. The smallest absolute Gasteiger partial charge is 0.494 e. The van der Waals surface area contributed by atoms with Crippen molar-refractivity contribution in [3.05, 3.63) is 36.4 Å². The van der Waals surface area contributed by atoms with Crippen LogP contribution in [0, 0.1) is 0 Å². The van der Waals surface area contributed by atoms with Gasteiger partial charge < -0.3 is 23.5 Å². The van der Waals surface area contributed by atoms with E-state index in [0.29, 0.717) is 0 Å². The molecular formula is C21H27BO5. The van der Waals surface area contributed by atoms with E-state index in [2.05, 4.69) is 0 Å². The van der Waals surface area contributed by atoms with E-state index in [1.807, 2.05) is 64.1 Å². The first-order valence-electron chi connectivity index (χ1n) is 8.98.